The third-order valence-electron chi connectivity index (χ3n) is 3.26. The molecule has 104 valence electrons. The topological polar surface area (TPSA) is 56.1 Å². The fraction of sp³-hybridized carbons (Fsp3) is 0.267. The van der Waals surface area contributed by atoms with Gasteiger partial charge in [0, 0.05) is 23.8 Å². The van der Waals surface area contributed by atoms with Gasteiger partial charge in [0.2, 0.25) is 5.91 Å². The van der Waals surface area contributed by atoms with E-state index in [1.54, 1.807) is 32.0 Å². The van der Waals surface area contributed by atoms with Crippen LogP contribution in [0.25, 0.3) is 10.9 Å². The van der Waals surface area contributed by atoms with Crippen molar-refractivity contribution in [2.45, 2.75) is 26.7 Å². The van der Waals surface area contributed by atoms with E-state index in [0.29, 0.717) is 29.2 Å². The van der Waals surface area contributed by atoms with Crippen molar-refractivity contribution >= 4 is 40.5 Å². The summed E-state index contributed by atoms with van der Waals surface area (Å²) < 4.78 is 1.27. The van der Waals surface area contributed by atoms with Crippen LogP contribution in [0, 0.1) is 0 Å². The monoisotopic (exact) mass is 291 g/mol. The smallest absolute Gasteiger partial charge is 0.232 e. The highest BCUT2D eigenvalue weighted by Crippen LogP contribution is 2.32. The van der Waals surface area contributed by atoms with Crippen molar-refractivity contribution in [1.29, 1.82) is 0 Å². The van der Waals surface area contributed by atoms with Crippen molar-refractivity contribution in [1.82, 2.24) is 4.57 Å². The minimum absolute atomic E-state index is 0.0678. The Bertz CT molecular complexity index is 715. The molecule has 1 heterocycles. The highest BCUT2D eigenvalue weighted by atomic mass is 35.5. The number of hydrogen-bond acceptors (Lipinski definition) is 3. The largest absolute Gasteiger partial charge is 0.298 e. The maximum Gasteiger partial charge on any atom is 0.232 e. The van der Waals surface area contributed by atoms with Gasteiger partial charge < -0.3 is 0 Å². The van der Waals surface area contributed by atoms with Crippen molar-refractivity contribution in [2.75, 3.05) is 0 Å². The van der Waals surface area contributed by atoms with Crippen LogP contribution >= 0.6 is 11.6 Å². The molecule has 1 aromatic carbocycles. The van der Waals surface area contributed by atoms with Gasteiger partial charge in [-0.3, -0.25) is 19.0 Å². The average molecular weight is 292 g/mol. The maximum atomic E-state index is 12.1. The first-order valence-corrected chi connectivity index (χ1v) is 6.79. The first-order chi connectivity index (χ1) is 9.56. The zero-order valence-electron chi connectivity index (χ0n) is 11.3. The second kappa shape index (κ2) is 5.59. The maximum absolute atomic E-state index is 12.1. The predicted molar refractivity (Wildman–Crippen MR) is 77.9 cm³/mol. The second-order valence-electron chi connectivity index (χ2n) is 4.38. The molecule has 1 aromatic heterocycles. The van der Waals surface area contributed by atoms with Crippen molar-refractivity contribution < 1.29 is 14.4 Å². The Balaban J connectivity index is 2.96. The number of carbonyl (C=O) groups excluding carboxylic acids is 3. The van der Waals surface area contributed by atoms with Crippen LogP contribution in [0.3, 0.4) is 0 Å². The Hall–Kier alpha value is -1.94. The fourth-order valence-electron chi connectivity index (χ4n) is 2.25. The summed E-state index contributed by atoms with van der Waals surface area (Å²) >= 11 is 6.15. The zero-order valence-corrected chi connectivity index (χ0v) is 12.0. The number of fused-ring (bicyclic) bond motifs is 1. The summed E-state index contributed by atoms with van der Waals surface area (Å²) in [7, 11) is 0. The van der Waals surface area contributed by atoms with Crippen molar-refractivity contribution in [3.63, 3.8) is 0 Å². The third-order valence-corrected chi connectivity index (χ3v) is 3.63. The number of aldehydes is 1. The molecular weight excluding hydrogens is 278 g/mol. The summed E-state index contributed by atoms with van der Waals surface area (Å²) in [4.78, 5) is 35.4. The van der Waals surface area contributed by atoms with Crippen LogP contribution in [0.2, 0.25) is 5.15 Å². The van der Waals surface area contributed by atoms with Crippen LogP contribution in [0.15, 0.2) is 18.2 Å². The number of ketones is 1. The second-order valence-corrected chi connectivity index (χ2v) is 4.74. The first kappa shape index (κ1) is 14.5. The van der Waals surface area contributed by atoms with Gasteiger partial charge in [0.1, 0.15) is 5.15 Å². The van der Waals surface area contributed by atoms with Gasteiger partial charge in [-0.1, -0.05) is 37.6 Å². The number of carbonyl (C=O) groups is 3. The standard InChI is InChI=1S/C15H14ClNO3/c1-3-12(19)10-7-5-6-9-11(8-18)15(16)17(14(9)10)13(20)4-2/h5-8H,3-4H2,1-2H3. The molecule has 2 aromatic rings. The van der Waals surface area contributed by atoms with Gasteiger partial charge in [-0.15, -0.1) is 0 Å². The summed E-state index contributed by atoms with van der Waals surface area (Å²) in [6.07, 6.45) is 1.17. The fourth-order valence-corrected chi connectivity index (χ4v) is 2.58. The molecule has 0 saturated carbocycles. The van der Waals surface area contributed by atoms with E-state index in [-0.39, 0.29) is 28.8 Å². The Morgan fingerprint density at radius 3 is 2.50 bits per heavy atom. The number of halogens is 1. The van der Waals surface area contributed by atoms with Gasteiger partial charge in [-0.25, -0.2) is 0 Å². The van der Waals surface area contributed by atoms with E-state index in [9.17, 15) is 14.4 Å². The van der Waals surface area contributed by atoms with E-state index in [4.69, 9.17) is 11.6 Å². The van der Waals surface area contributed by atoms with Crippen LogP contribution in [-0.2, 0) is 0 Å². The molecule has 0 bridgehead atoms. The quantitative estimate of drug-likeness (QED) is 0.637. The van der Waals surface area contributed by atoms with Crippen LogP contribution in [0.1, 0.15) is 52.2 Å². The molecule has 0 radical (unpaired) electrons. The minimum Gasteiger partial charge on any atom is -0.298 e. The lowest BCUT2D eigenvalue weighted by Gasteiger charge is -2.07. The number of aromatic nitrogens is 1. The molecule has 0 spiro atoms. The Morgan fingerprint density at radius 1 is 1.25 bits per heavy atom. The minimum atomic E-state index is -0.246. The van der Waals surface area contributed by atoms with E-state index in [1.165, 1.54) is 4.57 Å². The lowest BCUT2D eigenvalue weighted by Crippen LogP contribution is -2.11. The van der Waals surface area contributed by atoms with Gasteiger partial charge in [-0.05, 0) is 6.07 Å². The Kier molecular flexibility index (Phi) is 4.04. The first-order valence-electron chi connectivity index (χ1n) is 6.41. The van der Waals surface area contributed by atoms with E-state index in [0.717, 1.165) is 0 Å². The molecule has 2 rings (SSSR count). The highest BCUT2D eigenvalue weighted by Gasteiger charge is 2.22. The number of benzene rings is 1. The average Bonchev–Trinajstić information content (AvgIpc) is 2.76. The zero-order chi connectivity index (χ0) is 14.9. The molecule has 0 aliphatic rings. The number of hydrogen-bond donors (Lipinski definition) is 0. The molecule has 0 saturated heterocycles. The number of nitrogens with zero attached hydrogens (tertiary/aromatic N) is 1. The van der Waals surface area contributed by atoms with Crippen LogP contribution < -0.4 is 0 Å². The van der Waals surface area contributed by atoms with Gasteiger partial charge >= 0.3 is 0 Å². The van der Waals surface area contributed by atoms with Crippen molar-refractivity contribution in [3.8, 4) is 0 Å². The molecule has 0 N–H and O–H groups in total. The summed E-state index contributed by atoms with van der Waals surface area (Å²) in [5.74, 6) is -0.336. The molecule has 0 fully saturated rings. The molecule has 20 heavy (non-hydrogen) atoms. The van der Waals surface area contributed by atoms with Crippen LogP contribution in [-0.4, -0.2) is 22.5 Å². The molecule has 0 aliphatic heterocycles. The normalized spacial score (nSPS) is 10.8. The van der Waals surface area contributed by atoms with Crippen LogP contribution in [0.5, 0.6) is 0 Å². The van der Waals surface area contributed by atoms with Gasteiger partial charge in [0.25, 0.3) is 0 Å². The lowest BCUT2D eigenvalue weighted by atomic mass is 10.0. The van der Waals surface area contributed by atoms with Gasteiger partial charge in [0.15, 0.2) is 12.1 Å². The summed E-state index contributed by atoms with van der Waals surface area (Å²) in [6.45, 7) is 3.45. The van der Waals surface area contributed by atoms with Gasteiger partial charge in [-0.2, -0.15) is 0 Å². The SMILES string of the molecule is CCC(=O)c1cccc2c(C=O)c(Cl)n(C(=O)CC)c12. The molecule has 0 aliphatic carbocycles. The molecular formula is C15H14ClNO3. The van der Waals surface area contributed by atoms with E-state index >= 15 is 0 Å². The summed E-state index contributed by atoms with van der Waals surface area (Å²) in [5, 5.41) is 0.601. The van der Waals surface area contributed by atoms with Gasteiger partial charge in [0.05, 0.1) is 11.1 Å². The molecule has 4 nitrogen and oxygen atoms in total. The van der Waals surface area contributed by atoms with Crippen molar-refractivity contribution in [3.05, 3.63) is 34.5 Å². The predicted octanol–water partition coefficient (Wildman–Crippen LogP) is 3.75. The number of rotatable bonds is 4. The highest BCUT2D eigenvalue weighted by molar-refractivity contribution is 6.36. The van der Waals surface area contributed by atoms with E-state index < -0.39 is 0 Å². The Morgan fingerprint density at radius 2 is 1.95 bits per heavy atom. The molecule has 0 unspecified atom stereocenters. The molecule has 0 atom stereocenters. The molecule has 5 heteroatoms. The third kappa shape index (κ3) is 2.06. The van der Waals surface area contributed by atoms with E-state index in [1.807, 2.05) is 0 Å². The van der Waals surface area contributed by atoms with E-state index in [2.05, 4.69) is 0 Å². The number of Topliss-reactive ketones (excluding diaryl/α,β-unsaturated/α-hetero) is 1. The Labute approximate surface area is 121 Å². The summed E-state index contributed by atoms with van der Waals surface area (Å²) in [5.41, 5.74) is 1.09. The van der Waals surface area contributed by atoms with Crippen LogP contribution in [0.4, 0.5) is 0 Å². The lowest BCUT2D eigenvalue weighted by molar-refractivity contribution is 0.0914. The number of para-hydroxylation sites is 1. The van der Waals surface area contributed by atoms with Crippen molar-refractivity contribution in [2.24, 2.45) is 0 Å². The summed E-state index contributed by atoms with van der Waals surface area (Å²) in [6, 6.07) is 5.03. The molecule has 0 amide bonds.